The molecule has 2 rings (SSSR count). The van der Waals surface area contributed by atoms with Gasteiger partial charge in [0.25, 0.3) is 0 Å². The van der Waals surface area contributed by atoms with E-state index in [1.165, 1.54) is 0 Å². The van der Waals surface area contributed by atoms with Gasteiger partial charge < -0.3 is 10.4 Å². The Morgan fingerprint density at radius 3 is 1.80 bits per heavy atom. The lowest BCUT2D eigenvalue weighted by Crippen LogP contribution is -2.16. The van der Waals surface area contributed by atoms with Gasteiger partial charge in [-0.25, -0.2) is 0 Å². The van der Waals surface area contributed by atoms with Crippen molar-refractivity contribution in [3.63, 3.8) is 0 Å². The largest absolute Gasteiger partial charge is 0.411 e. The van der Waals surface area contributed by atoms with Gasteiger partial charge in [-0.2, -0.15) is 0 Å². The zero-order valence-corrected chi connectivity index (χ0v) is 8.89. The quantitative estimate of drug-likeness (QED) is 0.543. The van der Waals surface area contributed by atoms with Crippen LogP contribution in [0.15, 0.2) is 10.3 Å². The Kier molecular flexibility index (Phi) is 3.23. The number of nitrogens with zero attached hydrogens (tertiary/aromatic N) is 2. The zero-order valence-electron chi connectivity index (χ0n) is 8.89. The molecule has 0 radical (unpaired) electrons. The SMILES string of the molecule is O/N=C1/CCCC1CC1CCC/C1=N\O. The zero-order chi connectivity index (χ0) is 10.7. The molecule has 0 aromatic rings. The molecule has 0 amide bonds. The van der Waals surface area contributed by atoms with Gasteiger partial charge in [-0.3, -0.25) is 0 Å². The van der Waals surface area contributed by atoms with Crippen molar-refractivity contribution in [1.29, 1.82) is 0 Å². The van der Waals surface area contributed by atoms with Gasteiger partial charge in [0.15, 0.2) is 0 Å². The first-order valence-electron chi connectivity index (χ1n) is 5.76. The van der Waals surface area contributed by atoms with E-state index in [1.807, 2.05) is 0 Å². The van der Waals surface area contributed by atoms with E-state index >= 15 is 0 Å². The minimum atomic E-state index is 0.412. The van der Waals surface area contributed by atoms with E-state index in [2.05, 4.69) is 10.3 Å². The maximum absolute atomic E-state index is 8.84. The monoisotopic (exact) mass is 210 g/mol. The summed E-state index contributed by atoms with van der Waals surface area (Å²) in [5, 5.41) is 24.4. The van der Waals surface area contributed by atoms with E-state index in [9.17, 15) is 0 Å². The Morgan fingerprint density at radius 1 is 0.933 bits per heavy atom. The van der Waals surface area contributed by atoms with Crippen molar-refractivity contribution in [2.24, 2.45) is 22.1 Å². The van der Waals surface area contributed by atoms with Crippen LogP contribution in [-0.2, 0) is 0 Å². The molecular weight excluding hydrogens is 192 g/mol. The Balaban J connectivity index is 1.96. The van der Waals surface area contributed by atoms with Crippen LogP contribution in [0.4, 0.5) is 0 Å². The van der Waals surface area contributed by atoms with E-state index in [-0.39, 0.29) is 0 Å². The third-order valence-electron chi connectivity index (χ3n) is 3.74. The van der Waals surface area contributed by atoms with Gasteiger partial charge in [-0.15, -0.1) is 0 Å². The second kappa shape index (κ2) is 4.64. The average Bonchev–Trinajstić information content (AvgIpc) is 2.87. The van der Waals surface area contributed by atoms with Gasteiger partial charge in [-0.05, 0) is 44.9 Å². The van der Waals surface area contributed by atoms with Crippen molar-refractivity contribution in [3.05, 3.63) is 0 Å². The molecule has 0 aromatic carbocycles. The lowest BCUT2D eigenvalue weighted by molar-refractivity contribution is 0.310. The lowest BCUT2D eigenvalue weighted by Gasteiger charge is -2.15. The molecule has 0 aliphatic heterocycles. The molecule has 15 heavy (non-hydrogen) atoms. The minimum Gasteiger partial charge on any atom is -0.411 e. The van der Waals surface area contributed by atoms with Gasteiger partial charge in [0, 0.05) is 11.8 Å². The van der Waals surface area contributed by atoms with Crippen LogP contribution < -0.4 is 0 Å². The highest BCUT2D eigenvalue weighted by atomic mass is 16.4. The first-order chi connectivity index (χ1) is 7.35. The van der Waals surface area contributed by atoms with Crippen molar-refractivity contribution in [3.8, 4) is 0 Å². The molecule has 2 unspecified atom stereocenters. The number of hydrogen-bond acceptors (Lipinski definition) is 4. The van der Waals surface area contributed by atoms with Gasteiger partial charge in [-0.1, -0.05) is 10.3 Å². The molecule has 2 aliphatic rings. The maximum atomic E-state index is 8.84. The molecule has 0 aromatic heterocycles. The molecule has 4 heteroatoms. The molecule has 84 valence electrons. The summed E-state index contributed by atoms with van der Waals surface area (Å²) in [5.74, 6) is 0.824. The van der Waals surface area contributed by atoms with E-state index in [1.54, 1.807) is 0 Å². The van der Waals surface area contributed by atoms with Crippen LogP contribution in [0.1, 0.15) is 44.9 Å². The normalized spacial score (nSPS) is 36.8. The Morgan fingerprint density at radius 2 is 1.40 bits per heavy atom. The fourth-order valence-electron chi connectivity index (χ4n) is 2.92. The lowest BCUT2D eigenvalue weighted by atomic mass is 9.90. The molecule has 0 bridgehead atoms. The summed E-state index contributed by atoms with van der Waals surface area (Å²) in [4.78, 5) is 0. The second-order valence-corrected chi connectivity index (χ2v) is 4.60. The Bertz CT molecular complexity index is 258. The Hall–Kier alpha value is -1.06. The molecule has 2 aliphatic carbocycles. The van der Waals surface area contributed by atoms with Crippen molar-refractivity contribution in [2.75, 3.05) is 0 Å². The van der Waals surface area contributed by atoms with Crippen molar-refractivity contribution < 1.29 is 10.4 Å². The van der Waals surface area contributed by atoms with Crippen LogP contribution in [0.25, 0.3) is 0 Å². The fraction of sp³-hybridized carbons (Fsp3) is 0.818. The molecule has 0 heterocycles. The summed E-state index contributed by atoms with van der Waals surface area (Å²) in [6, 6.07) is 0. The number of oxime groups is 2. The third kappa shape index (κ3) is 2.13. The predicted molar refractivity (Wildman–Crippen MR) is 57.7 cm³/mol. The van der Waals surface area contributed by atoms with Gasteiger partial charge in [0.1, 0.15) is 0 Å². The topological polar surface area (TPSA) is 65.2 Å². The first kappa shape index (κ1) is 10.5. The van der Waals surface area contributed by atoms with Crippen molar-refractivity contribution >= 4 is 11.4 Å². The summed E-state index contributed by atoms with van der Waals surface area (Å²) in [6.45, 7) is 0. The predicted octanol–water partition coefficient (Wildman–Crippen LogP) is 2.64. The highest BCUT2D eigenvalue weighted by Crippen LogP contribution is 2.34. The average molecular weight is 210 g/mol. The van der Waals surface area contributed by atoms with E-state index in [0.717, 1.165) is 56.4 Å². The van der Waals surface area contributed by atoms with Crippen LogP contribution in [0.2, 0.25) is 0 Å². The van der Waals surface area contributed by atoms with Crippen LogP contribution >= 0.6 is 0 Å². The summed E-state index contributed by atoms with van der Waals surface area (Å²) >= 11 is 0. The van der Waals surface area contributed by atoms with Crippen molar-refractivity contribution in [2.45, 2.75) is 44.9 Å². The highest BCUT2D eigenvalue weighted by Gasteiger charge is 2.30. The van der Waals surface area contributed by atoms with E-state index in [0.29, 0.717) is 11.8 Å². The molecule has 4 nitrogen and oxygen atoms in total. The molecule has 2 saturated carbocycles. The number of rotatable bonds is 2. The van der Waals surface area contributed by atoms with Gasteiger partial charge >= 0.3 is 0 Å². The summed E-state index contributed by atoms with van der Waals surface area (Å²) in [7, 11) is 0. The molecule has 2 atom stereocenters. The third-order valence-corrected chi connectivity index (χ3v) is 3.74. The second-order valence-electron chi connectivity index (χ2n) is 4.60. The van der Waals surface area contributed by atoms with Gasteiger partial charge in [0.05, 0.1) is 11.4 Å². The minimum absolute atomic E-state index is 0.412. The van der Waals surface area contributed by atoms with Crippen molar-refractivity contribution in [1.82, 2.24) is 0 Å². The maximum Gasteiger partial charge on any atom is 0.0601 e. The molecule has 0 saturated heterocycles. The highest BCUT2D eigenvalue weighted by molar-refractivity contribution is 5.91. The molecule has 2 N–H and O–H groups in total. The first-order valence-corrected chi connectivity index (χ1v) is 5.76. The summed E-state index contributed by atoms with van der Waals surface area (Å²) < 4.78 is 0. The summed E-state index contributed by atoms with van der Waals surface area (Å²) in [5.41, 5.74) is 1.89. The van der Waals surface area contributed by atoms with Crippen LogP contribution in [0.3, 0.4) is 0 Å². The standard InChI is InChI=1S/C11H18N2O2/c14-12-10-5-1-3-8(10)7-9-4-2-6-11(9)13-15/h8-9,14-15H,1-7H2/b12-10-,13-11+. The van der Waals surface area contributed by atoms with E-state index in [4.69, 9.17) is 10.4 Å². The number of hydrogen-bond donors (Lipinski definition) is 2. The Labute approximate surface area is 89.7 Å². The molecule has 0 spiro atoms. The van der Waals surface area contributed by atoms with Crippen LogP contribution in [0, 0.1) is 11.8 Å². The van der Waals surface area contributed by atoms with E-state index < -0.39 is 0 Å². The smallest absolute Gasteiger partial charge is 0.0601 e. The molecule has 2 fully saturated rings. The fourth-order valence-corrected chi connectivity index (χ4v) is 2.92. The van der Waals surface area contributed by atoms with Gasteiger partial charge in [0.2, 0.25) is 0 Å². The van der Waals surface area contributed by atoms with Crippen LogP contribution in [-0.4, -0.2) is 21.8 Å². The molecular formula is C11H18N2O2. The van der Waals surface area contributed by atoms with Crippen LogP contribution in [0.5, 0.6) is 0 Å². The summed E-state index contributed by atoms with van der Waals surface area (Å²) in [6.07, 6.45) is 7.35.